The highest BCUT2D eigenvalue weighted by Gasteiger charge is 2.30. The Morgan fingerprint density at radius 2 is 1.67 bits per heavy atom. The molecule has 0 bridgehead atoms. The minimum absolute atomic E-state index is 0.103. The molecule has 3 aromatic carbocycles. The lowest BCUT2D eigenvalue weighted by molar-refractivity contribution is -0.139. The zero-order chi connectivity index (χ0) is 25.8. The molecule has 0 radical (unpaired) electrons. The molecule has 3 rings (SSSR count). The van der Waals surface area contributed by atoms with Crippen LogP contribution in [0.3, 0.4) is 0 Å². The maximum Gasteiger partial charge on any atom is 0.243 e. The minimum Gasteiger partial charge on any atom is -0.354 e. The number of carbonyl (C=O) groups is 2. The Labute approximate surface area is 228 Å². The topological polar surface area (TPSA) is 49.4 Å². The van der Waals surface area contributed by atoms with Gasteiger partial charge in [-0.1, -0.05) is 97.2 Å². The maximum atomic E-state index is 13.6. The summed E-state index contributed by atoms with van der Waals surface area (Å²) in [6, 6.07) is 24.2. The summed E-state index contributed by atoms with van der Waals surface area (Å²) in [6.45, 7) is 2.92. The number of amides is 2. The van der Waals surface area contributed by atoms with E-state index in [0.717, 1.165) is 29.5 Å². The van der Waals surface area contributed by atoms with Crippen molar-refractivity contribution in [2.45, 2.75) is 44.5 Å². The van der Waals surface area contributed by atoms with Crippen LogP contribution in [0, 0.1) is 0 Å². The lowest BCUT2D eigenvalue weighted by Crippen LogP contribution is -2.51. The molecule has 0 saturated heterocycles. The van der Waals surface area contributed by atoms with Gasteiger partial charge in [-0.3, -0.25) is 9.59 Å². The number of nitrogens with zero attached hydrogens (tertiary/aromatic N) is 1. The Balaban J connectivity index is 1.84. The van der Waals surface area contributed by atoms with E-state index in [0.29, 0.717) is 28.8 Å². The maximum absolute atomic E-state index is 13.6. The van der Waals surface area contributed by atoms with Crippen LogP contribution in [0.15, 0.2) is 78.9 Å². The molecule has 190 valence electrons. The van der Waals surface area contributed by atoms with Crippen LogP contribution in [0.2, 0.25) is 10.0 Å². The van der Waals surface area contributed by atoms with Gasteiger partial charge in [0.15, 0.2) is 0 Å². The van der Waals surface area contributed by atoms with Crippen molar-refractivity contribution >= 4 is 46.8 Å². The molecule has 0 saturated carbocycles. The van der Waals surface area contributed by atoms with E-state index in [2.05, 4.69) is 12.2 Å². The lowest BCUT2D eigenvalue weighted by atomic mass is 10.0. The van der Waals surface area contributed by atoms with Crippen molar-refractivity contribution in [3.63, 3.8) is 0 Å². The quantitative estimate of drug-likeness (QED) is 0.242. The van der Waals surface area contributed by atoms with Gasteiger partial charge in [0, 0.05) is 35.3 Å². The summed E-state index contributed by atoms with van der Waals surface area (Å²) in [5.74, 6) is 0.643. The van der Waals surface area contributed by atoms with Crippen LogP contribution in [0.1, 0.15) is 36.5 Å². The highest BCUT2D eigenvalue weighted by Crippen LogP contribution is 2.22. The molecular weight excluding hydrogens is 511 g/mol. The largest absolute Gasteiger partial charge is 0.354 e. The van der Waals surface area contributed by atoms with Crippen LogP contribution in [0.25, 0.3) is 0 Å². The van der Waals surface area contributed by atoms with Crippen LogP contribution in [0.4, 0.5) is 0 Å². The van der Waals surface area contributed by atoms with E-state index in [9.17, 15) is 9.59 Å². The van der Waals surface area contributed by atoms with E-state index < -0.39 is 6.04 Å². The normalized spacial score (nSPS) is 11.6. The predicted molar refractivity (Wildman–Crippen MR) is 151 cm³/mol. The van der Waals surface area contributed by atoms with Crippen molar-refractivity contribution in [1.82, 2.24) is 10.2 Å². The Bertz CT molecular complexity index is 1130. The van der Waals surface area contributed by atoms with Crippen molar-refractivity contribution in [2.75, 3.05) is 12.3 Å². The summed E-state index contributed by atoms with van der Waals surface area (Å²) >= 11 is 14.1. The van der Waals surface area contributed by atoms with Crippen LogP contribution in [-0.4, -0.2) is 35.1 Å². The van der Waals surface area contributed by atoms with Crippen molar-refractivity contribution in [1.29, 1.82) is 0 Å². The number of hydrogen-bond donors (Lipinski definition) is 1. The fraction of sp³-hybridized carbons (Fsp3) is 0.310. The third-order valence-corrected chi connectivity index (χ3v) is 7.37. The molecule has 0 aromatic heterocycles. The Hall–Kier alpha value is -2.47. The van der Waals surface area contributed by atoms with Gasteiger partial charge in [-0.2, -0.15) is 0 Å². The molecule has 3 aromatic rings. The molecule has 1 N–H and O–H groups in total. The molecule has 0 spiro atoms. The van der Waals surface area contributed by atoms with Gasteiger partial charge >= 0.3 is 0 Å². The molecule has 2 amide bonds. The summed E-state index contributed by atoms with van der Waals surface area (Å²) < 4.78 is 0. The Morgan fingerprint density at radius 3 is 2.39 bits per heavy atom. The molecule has 0 aliphatic rings. The number of unbranched alkanes of at least 4 members (excludes halogenated alkanes) is 1. The highest BCUT2D eigenvalue weighted by atomic mass is 35.5. The number of carbonyl (C=O) groups excluding carboxylic acids is 2. The van der Waals surface area contributed by atoms with E-state index in [4.69, 9.17) is 23.2 Å². The molecule has 0 aliphatic carbocycles. The molecule has 1 atom stereocenters. The average Bonchev–Trinajstić information content (AvgIpc) is 2.88. The van der Waals surface area contributed by atoms with E-state index in [1.165, 1.54) is 11.8 Å². The highest BCUT2D eigenvalue weighted by molar-refractivity contribution is 7.99. The zero-order valence-corrected chi connectivity index (χ0v) is 22.8. The van der Waals surface area contributed by atoms with E-state index >= 15 is 0 Å². The first-order valence-corrected chi connectivity index (χ1v) is 14.1. The van der Waals surface area contributed by atoms with Crippen LogP contribution >= 0.6 is 35.0 Å². The third kappa shape index (κ3) is 8.88. The number of nitrogens with one attached hydrogen (secondary N) is 1. The zero-order valence-electron chi connectivity index (χ0n) is 20.5. The number of benzene rings is 3. The second kappa shape index (κ2) is 14.9. The molecule has 7 heteroatoms. The fourth-order valence-electron chi connectivity index (χ4n) is 3.84. The smallest absolute Gasteiger partial charge is 0.243 e. The second-order valence-electron chi connectivity index (χ2n) is 8.59. The van der Waals surface area contributed by atoms with Gasteiger partial charge in [0.25, 0.3) is 0 Å². The summed E-state index contributed by atoms with van der Waals surface area (Å²) in [5.41, 5.74) is 2.86. The Kier molecular flexibility index (Phi) is 11.7. The van der Waals surface area contributed by atoms with Crippen LogP contribution < -0.4 is 5.32 Å². The average molecular weight is 544 g/mol. The number of rotatable bonds is 13. The van der Waals surface area contributed by atoms with Gasteiger partial charge in [-0.25, -0.2) is 0 Å². The molecule has 0 fully saturated rings. The van der Waals surface area contributed by atoms with Crippen molar-refractivity contribution < 1.29 is 9.59 Å². The first kappa shape index (κ1) is 28.1. The predicted octanol–water partition coefficient (Wildman–Crippen LogP) is 6.78. The molecule has 36 heavy (non-hydrogen) atoms. The van der Waals surface area contributed by atoms with Gasteiger partial charge in [-0.15, -0.1) is 11.8 Å². The molecule has 0 unspecified atom stereocenters. The van der Waals surface area contributed by atoms with Gasteiger partial charge < -0.3 is 10.2 Å². The fourth-order valence-corrected chi connectivity index (χ4v) is 5.10. The van der Waals surface area contributed by atoms with Crippen molar-refractivity contribution in [3.05, 3.63) is 106 Å². The monoisotopic (exact) mass is 542 g/mol. The van der Waals surface area contributed by atoms with Gasteiger partial charge in [0.05, 0.1) is 5.75 Å². The molecular formula is C29H32Cl2N2O2S. The van der Waals surface area contributed by atoms with E-state index in [1.807, 2.05) is 72.8 Å². The number of halogens is 2. The summed E-state index contributed by atoms with van der Waals surface area (Å²) in [7, 11) is 0. The lowest BCUT2D eigenvalue weighted by Gasteiger charge is -2.32. The SMILES string of the molecule is CCCCNC(=O)[C@@H](Cc1ccccc1)N(Cc1ccccc1Cl)C(=O)CSCc1cccc(Cl)c1. The molecule has 4 nitrogen and oxygen atoms in total. The summed E-state index contributed by atoms with van der Waals surface area (Å²) in [4.78, 5) is 28.7. The number of hydrogen-bond acceptors (Lipinski definition) is 3. The van der Waals surface area contributed by atoms with Crippen LogP contribution in [0.5, 0.6) is 0 Å². The van der Waals surface area contributed by atoms with Gasteiger partial charge in [0.2, 0.25) is 11.8 Å². The first-order chi connectivity index (χ1) is 17.5. The summed E-state index contributed by atoms with van der Waals surface area (Å²) in [5, 5.41) is 4.29. The van der Waals surface area contributed by atoms with Crippen LogP contribution in [-0.2, 0) is 28.3 Å². The number of thioether (sulfide) groups is 1. The van der Waals surface area contributed by atoms with Gasteiger partial charge in [-0.05, 0) is 41.3 Å². The van der Waals surface area contributed by atoms with Gasteiger partial charge in [0.1, 0.15) is 6.04 Å². The second-order valence-corrected chi connectivity index (χ2v) is 10.4. The summed E-state index contributed by atoms with van der Waals surface area (Å²) in [6.07, 6.45) is 2.29. The molecule has 0 aliphatic heterocycles. The van der Waals surface area contributed by atoms with E-state index in [-0.39, 0.29) is 24.1 Å². The first-order valence-electron chi connectivity index (χ1n) is 12.1. The van der Waals surface area contributed by atoms with Crippen molar-refractivity contribution in [3.8, 4) is 0 Å². The third-order valence-electron chi connectivity index (χ3n) is 5.78. The standard InChI is InChI=1S/C29H32Cl2N2O2S/c1-2-3-16-32-29(35)27(18-22-10-5-4-6-11-22)33(19-24-13-7-8-15-26(24)31)28(34)21-36-20-23-12-9-14-25(30)17-23/h4-15,17,27H,2-3,16,18-21H2,1H3,(H,32,35)/t27-/m1/s1. The van der Waals surface area contributed by atoms with E-state index in [1.54, 1.807) is 11.0 Å². The van der Waals surface area contributed by atoms with Crippen molar-refractivity contribution in [2.24, 2.45) is 0 Å². The minimum atomic E-state index is -0.653. The Morgan fingerprint density at radius 1 is 0.944 bits per heavy atom. The molecule has 0 heterocycles.